The van der Waals surface area contributed by atoms with Crippen molar-refractivity contribution in [1.82, 2.24) is 13.9 Å². The number of nitrogens with zero attached hydrogens (tertiary/aromatic N) is 2. The highest BCUT2D eigenvalue weighted by Crippen LogP contribution is 2.25. The first-order chi connectivity index (χ1) is 12.2. The van der Waals surface area contributed by atoms with Crippen molar-refractivity contribution >= 4 is 16.1 Å². The van der Waals surface area contributed by atoms with Crippen LogP contribution in [-0.4, -0.2) is 50.1 Å². The number of aryl methyl sites for hydroxylation is 2. The number of hydrogen-bond donors (Lipinski definition) is 1. The first-order valence-corrected chi connectivity index (χ1v) is 10.6. The third-order valence-electron chi connectivity index (χ3n) is 5.07. The fourth-order valence-electron chi connectivity index (χ4n) is 3.50. The molecule has 146 valence electrons. The number of rotatable bonds is 6. The molecule has 1 aromatic carbocycles. The molecule has 1 aromatic rings. The van der Waals surface area contributed by atoms with Gasteiger partial charge in [-0.15, -0.1) is 0 Å². The van der Waals surface area contributed by atoms with Crippen molar-refractivity contribution in [2.75, 3.05) is 27.2 Å². The van der Waals surface area contributed by atoms with E-state index in [1.807, 2.05) is 6.92 Å². The Bertz CT molecular complexity index is 746. The minimum Gasteiger partial charge on any atom is -0.349 e. The summed E-state index contributed by atoms with van der Waals surface area (Å²) in [5, 5.41) is 3.14. The number of piperidine rings is 1. The number of hydrogen-bond acceptors (Lipinski definition) is 3. The molecule has 1 N–H and O–H groups in total. The highest BCUT2D eigenvalue weighted by Gasteiger charge is 2.34. The molecule has 2 rings (SSSR count). The Hall–Kier alpha value is -1.44. The lowest BCUT2D eigenvalue weighted by molar-refractivity contribution is -0.126. The third-order valence-corrected chi connectivity index (χ3v) is 6.98. The second kappa shape index (κ2) is 8.50. The van der Waals surface area contributed by atoms with Gasteiger partial charge in [0.25, 0.3) is 10.2 Å². The smallest absolute Gasteiger partial charge is 0.281 e. The van der Waals surface area contributed by atoms with E-state index in [0.717, 1.165) is 17.5 Å². The molecule has 0 radical (unpaired) electrons. The maximum atomic E-state index is 12.8. The summed E-state index contributed by atoms with van der Waals surface area (Å²) in [6.45, 7) is 6.88. The molecule has 1 fully saturated rings. The zero-order valence-corrected chi connectivity index (χ0v) is 17.3. The van der Waals surface area contributed by atoms with Crippen molar-refractivity contribution in [2.45, 2.75) is 46.1 Å². The van der Waals surface area contributed by atoms with Gasteiger partial charge < -0.3 is 5.32 Å². The lowest BCUT2D eigenvalue weighted by Crippen LogP contribution is -2.49. The maximum absolute atomic E-state index is 12.8. The van der Waals surface area contributed by atoms with Crippen molar-refractivity contribution < 1.29 is 13.2 Å². The molecule has 1 aliphatic heterocycles. The van der Waals surface area contributed by atoms with E-state index in [4.69, 9.17) is 0 Å². The summed E-state index contributed by atoms with van der Waals surface area (Å²) in [4.78, 5) is 12.8. The number of benzene rings is 1. The molecule has 1 amide bonds. The van der Waals surface area contributed by atoms with Crippen LogP contribution in [0.4, 0.5) is 0 Å². The van der Waals surface area contributed by atoms with Crippen LogP contribution in [0.1, 0.15) is 48.9 Å². The topological polar surface area (TPSA) is 69.7 Å². The van der Waals surface area contributed by atoms with Gasteiger partial charge in [0, 0.05) is 27.2 Å². The first-order valence-electron chi connectivity index (χ1n) is 9.22. The van der Waals surface area contributed by atoms with Crippen LogP contribution in [0.5, 0.6) is 0 Å². The summed E-state index contributed by atoms with van der Waals surface area (Å²) >= 11 is 0. The average molecular weight is 382 g/mol. The predicted molar refractivity (Wildman–Crippen MR) is 104 cm³/mol. The van der Waals surface area contributed by atoms with E-state index in [0.29, 0.717) is 19.4 Å². The monoisotopic (exact) mass is 381 g/mol. The van der Waals surface area contributed by atoms with Gasteiger partial charge in [0.1, 0.15) is 0 Å². The normalized spacial score (nSPS) is 20.2. The Morgan fingerprint density at radius 1 is 1.35 bits per heavy atom. The molecule has 7 heteroatoms. The molecular weight excluding hydrogens is 350 g/mol. The summed E-state index contributed by atoms with van der Waals surface area (Å²) < 4.78 is 27.3. The Morgan fingerprint density at radius 2 is 2.04 bits per heavy atom. The van der Waals surface area contributed by atoms with E-state index in [9.17, 15) is 13.2 Å². The van der Waals surface area contributed by atoms with Gasteiger partial charge >= 0.3 is 0 Å². The standard InChI is InChI=1S/C19H31N3O3S/c1-6-18(17-10-9-14(2)12-15(17)3)20-19(23)16-8-7-11-22(13-16)26(24,25)21(4)5/h9-10,12,16,18H,6-8,11,13H2,1-5H3,(H,20,23)/t16-,18+/m1/s1. The van der Waals surface area contributed by atoms with E-state index in [-0.39, 0.29) is 24.4 Å². The van der Waals surface area contributed by atoms with E-state index in [2.05, 4.69) is 37.4 Å². The van der Waals surface area contributed by atoms with Crippen LogP contribution in [0.3, 0.4) is 0 Å². The van der Waals surface area contributed by atoms with Crippen LogP contribution in [0.25, 0.3) is 0 Å². The fraction of sp³-hybridized carbons (Fsp3) is 0.632. The van der Waals surface area contributed by atoms with Gasteiger partial charge in [0.2, 0.25) is 5.91 Å². The van der Waals surface area contributed by atoms with Gasteiger partial charge in [0.05, 0.1) is 12.0 Å². The van der Waals surface area contributed by atoms with Crippen LogP contribution in [0.2, 0.25) is 0 Å². The van der Waals surface area contributed by atoms with Gasteiger partial charge in [-0.05, 0) is 44.2 Å². The van der Waals surface area contributed by atoms with E-state index in [1.165, 1.54) is 28.3 Å². The number of carbonyl (C=O) groups excluding carboxylic acids is 1. The highest BCUT2D eigenvalue weighted by atomic mass is 32.2. The van der Waals surface area contributed by atoms with Crippen LogP contribution in [-0.2, 0) is 15.0 Å². The second-order valence-corrected chi connectivity index (χ2v) is 9.46. The molecule has 1 saturated heterocycles. The Kier molecular flexibility index (Phi) is 6.82. The third kappa shape index (κ3) is 4.64. The summed E-state index contributed by atoms with van der Waals surface area (Å²) in [5.41, 5.74) is 3.49. The van der Waals surface area contributed by atoms with Crippen molar-refractivity contribution in [3.05, 3.63) is 34.9 Å². The van der Waals surface area contributed by atoms with E-state index in [1.54, 1.807) is 0 Å². The molecule has 6 nitrogen and oxygen atoms in total. The van der Waals surface area contributed by atoms with Crippen LogP contribution < -0.4 is 5.32 Å². The van der Waals surface area contributed by atoms with Gasteiger partial charge in [0.15, 0.2) is 0 Å². The van der Waals surface area contributed by atoms with Gasteiger partial charge in [-0.2, -0.15) is 17.0 Å². The minimum absolute atomic E-state index is 0.0519. The molecule has 0 spiro atoms. The molecular formula is C19H31N3O3S. The summed E-state index contributed by atoms with van der Waals surface area (Å²) in [6.07, 6.45) is 2.21. The quantitative estimate of drug-likeness (QED) is 0.823. The molecule has 0 aliphatic carbocycles. The minimum atomic E-state index is -3.48. The zero-order valence-electron chi connectivity index (χ0n) is 16.4. The fourth-order valence-corrected chi connectivity index (χ4v) is 4.69. The van der Waals surface area contributed by atoms with Gasteiger partial charge in [-0.3, -0.25) is 4.79 Å². The van der Waals surface area contributed by atoms with Crippen molar-refractivity contribution in [1.29, 1.82) is 0 Å². The molecule has 26 heavy (non-hydrogen) atoms. The number of nitrogens with one attached hydrogen (secondary N) is 1. The van der Waals surface area contributed by atoms with Gasteiger partial charge in [-0.1, -0.05) is 30.7 Å². The van der Waals surface area contributed by atoms with Crippen LogP contribution in [0.15, 0.2) is 18.2 Å². The maximum Gasteiger partial charge on any atom is 0.281 e. The van der Waals surface area contributed by atoms with E-state index >= 15 is 0 Å². The largest absolute Gasteiger partial charge is 0.349 e. The Morgan fingerprint density at radius 3 is 2.62 bits per heavy atom. The van der Waals surface area contributed by atoms with Gasteiger partial charge in [-0.25, -0.2) is 0 Å². The number of amides is 1. The Balaban J connectivity index is 2.10. The summed E-state index contributed by atoms with van der Waals surface area (Å²) in [5.74, 6) is -0.367. The highest BCUT2D eigenvalue weighted by molar-refractivity contribution is 7.86. The van der Waals surface area contributed by atoms with Crippen molar-refractivity contribution in [3.8, 4) is 0 Å². The lowest BCUT2D eigenvalue weighted by atomic mass is 9.95. The molecule has 0 unspecified atom stereocenters. The average Bonchev–Trinajstić information content (AvgIpc) is 2.60. The van der Waals surface area contributed by atoms with E-state index < -0.39 is 10.2 Å². The Labute approximate surface area is 157 Å². The van der Waals surface area contributed by atoms with Crippen LogP contribution >= 0.6 is 0 Å². The number of carbonyl (C=O) groups is 1. The SMILES string of the molecule is CC[C@H](NC(=O)[C@@H]1CCCN(S(=O)(=O)N(C)C)C1)c1ccc(C)cc1C. The first kappa shape index (κ1) is 20.9. The summed E-state index contributed by atoms with van der Waals surface area (Å²) in [6, 6.07) is 6.20. The second-order valence-electron chi connectivity index (χ2n) is 7.32. The molecule has 1 heterocycles. The lowest BCUT2D eigenvalue weighted by Gasteiger charge is -2.33. The zero-order chi connectivity index (χ0) is 19.5. The van der Waals surface area contributed by atoms with Crippen molar-refractivity contribution in [2.24, 2.45) is 5.92 Å². The van der Waals surface area contributed by atoms with Crippen molar-refractivity contribution in [3.63, 3.8) is 0 Å². The molecule has 1 aliphatic rings. The molecule has 0 bridgehead atoms. The van der Waals surface area contributed by atoms with Crippen LogP contribution in [0, 0.1) is 19.8 Å². The molecule has 0 aromatic heterocycles. The predicted octanol–water partition coefficient (Wildman–Crippen LogP) is 2.39. The summed E-state index contributed by atoms with van der Waals surface area (Å²) in [7, 11) is -0.437. The molecule has 2 atom stereocenters. The molecule has 0 saturated carbocycles.